The first-order valence-corrected chi connectivity index (χ1v) is 4.21. The molecule has 2 N–H and O–H groups in total. The van der Waals surface area contributed by atoms with Crippen molar-refractivity contribution in [3.63, 3.8) is 0 Å². The monoisotopic (exact) mass is 164 g/mol. The maximum absolute atomic E-state index is 3.12. The van der Waals surface area contributed by atoms with E-state index in [-0.39, 0.29) is 0 Å². The van der Waals surface area contributed by atoms with Gasteiger partial charge in [0.1, 0.15) is 0 Å². The van der Waals surface area contributed by atoms with E-state index in [0.29, 0.717) is 0 Å². The molecule has 0 aromatic carbocycles. The van der Waals surface area contributed by atoms with Gasteiger partial charge in [0, 0.05) is 12.4 Å². The van der Waals surface area contributed by atoms with Crippen molar-refractivity contribution in [2.75, 3.05) is 0 Å². The number of rotatable bonds is 2. The highest BCUT2D eigenvalue weighted by Crippen LogP contribution is 2.23. The molecule has 0 unspecified atom stereocenters. The second kappa shape index (κ2) is 2.88. The van der Waals surface area contributed by atoms with Crippen molar-refractivity contribution in [1.82, 2.24) is 9.97 Å². The van der Waals surface area contributed by atoms with Gasteiger partial charge in [-0.15, -0.1) is 0 Å². The fourth-order valence-corrected chi connectivity index (χ4v) is 1.66. The van der Waals surface area contributed by atoms with Gasteiger partial charge in [0.25, 0.3) is 0 Å². The van der Waals surface area contributed by atoms with Crippen LogP contribution in [0.1, 0.15) is 0 Å². The summed E-state index contributed by atoms with van der Waals surface area (Å²) in [5.74, 6) is 0. The third-order valence-electron chi connectivity index (χ3n) is 1.36. The first kappa shape index (κ1) is 6.61. The van der Waals surface area contributed by atoms with Crippen LogP contribution < -0.4 is 0 Å². The van der Waals surface area contributed by atoms with Crippen molar-refractivity contribution in [2.45, 2.75) is 10.1 Å². The molecule has 2 rings (SSSR count). The highest BCUT2D eigenvalue weighted by molar-refractivity contribution is 7.99. The lowest BCUT2D eigenvalue weighted by Crippen LogP contribution is -1.69. The molecule has 0 bridgehead atoms. The summed E-state index contributed by atoms with van der Waals surface area (Å²) < 4.78 is 0. The molecule has 0 amide bonds. The van der Waals surface area contributed by atoms with Crippen molar-refractivity contribution in [1.29, 1.82) is 0 Å². The molecule has 56 valence electrons. The molecule has 2 aromatic heterocycles. The van der Waals surface area contributed by atoms with Gasteiger partial charge in [0.05, 0.1) is 10.1 Å². The van der Waals surface area contributed by atoms with Gasteiger partial charge in [-0.2, -0.15) is 0 Å². The first-order valence-electron chi connectivity index (χ1n) is 3.40. The number of aromatic amines is 2. The summed E-state index contributed by atoms with van der Waals surface area (Å²) >= 11 is 1.69. The molecule has 0 atom stereocenters. The zero-order valence-corrected chi connectivity index (χ0v) is 6.69. The minimum atomic E-state index is 1.16. The normalized spacial score (nSPS) is 10.2. The van der Waals surface area contributed by atoms with Gasteiger partial charge < -0.3 is 9.97 Å². The molecule has 0 aliphatic carbocycles. The Morgan fingerprint density at radius 2 is 1.45 bits per heavy atom. The maximum Gasteiger partial charge on any atom is 0.0784 e. The van der Waals surface area contributed by atoms with Crippen LogP contribution in [0.4, 0.5) is 0 Å². The van der Waals surface area contributed by atoms with E-state index in [9.17, 15) is 0 Å². The van der Waals surface area contributed by atoms with Gasteiger partial charge in [-0.25, -0.2) is 0 Å². The second-order valence-corrected chi connectivity index (χ2v) is 3.25. The Hall–Kier alpha value is -1.09. The van der Waals surface area contributed by atoms with Crippen LogP contribution in [0.2, 0.25) is 0 Å². The Balaban J connectivity index is 2.14. The van der Waals surface area contributed by atoms with Gasteiger partial charge in [-0.05, 0) is 24.3 Å². The smallest absolute Gasteiger partial charge is 0.0784 e. The van der Waals surface area contributed by atoms with Gasteiger partial charge in [-0.1, -0.05) is 11.8 Å². The molecule has 0 fully saturated rings. The minimum Gasteiger partial charge on any atom is -0.356 e. The molecular formula is C8H8N2S. The molecular weight excluding hydrogens is 156 g/mol. The molecule has 2 nitrogen and oxygen atoms in total. The number of aromatic nitrogens is 2. The zero-order chi connectivity index (χ0) is 7.52. The zero-order valence-electron chi connectivity index (χ0n) is 5.87. The standard InChI is InChI=1S/C8H8N2S/c1-3-7(9-5-1)11-8-4-2-6-10-8/h1-6,9-10H. The Kier molecular flexibility index (Phi) is 1.73. The summed E-state index contributed by atoms with van der Waals surface area (Å²) in [6.45, 7) is 0. The third kappa shape index (κ3) is 1.49. The SMILES string of the molecule is c1c[nH]c(Sc2ccc[nH]2)c1. The fraction of sp³-hybridized carbons (Fsp3) is 0. The van der Waals surface area contributed by atoms with Crippen LogP contribution in [-0.4, -0.2) is 9.97 Å². The van der Waals surface area contributed by atoms with Crippen LogP contribution in [-0.2, 0) is 0 Å². The Morgan fingerprint density at radius 1 is 0.909 bits per heavy atom. The molecule has 2 heterocycles. The maximum atomic E-state index is 3.12. The van der Waals surface area contributed by atoms with Crippen LogP contribution in [0.15, 0.2) is 46.7 Å². The molecule has 0 radical (unpaired) electrons. The summed E-state index contributed by atoms with van der Waals surface area (Å²) in [5.41, 5.74) is 0. The summed E-state index contributed by atoms with van der Waals surface area (Å²) in [6, 6.07) is 8.08. The number of hydrogen-bond acceptors (Lipinski definition) is 1. The van der Waals surface area contributed by atoms with Gasteiger partial charge in [-0.3, -0.25) is 0 Å². The number of nitrogens with one attached hydrogen (secondary N) is 2. The van der Waals surface area contributed by atoms with Gasteiger partial charge >= 0.3 is 0 Å². The van der Waals surface area contributed by atoms with Crippen molar-refractivity contribution in [3.8, 4) is 0 Å². The predicted octanol–water partition coefficient (Wildman–Crippen LogP) is 2.49. The Labute approximate surface area is 69.0 Å². The number of hydrogen-bond donors (Lipinski definition) is 2. The van der Waals surface area contributed by atoms with Crippen molar-refractivity contribution in [3.05, 3.63) is 36.7 Å². The molecule has 2 aromatic rings. The van der Waals surface area contributed by atoms with E-state index in [2.05, 4.69) is 9.97 Å². The molecule has 0 saturated carbocycles. The average molecular weight is 164 g/mol. The predicted molar refractivity (Wildman–Crippen MR) is 45.7 cm³/mol. The van der Waals surface area contributed by atoms with Gasteiger partial charge in [0.2, 0.25) is 0 Å². The third-order valence-corrected chi connectivity index (χ3v) is 2.31. The van der Waals surface area contributed by atoms with E-state index in [1.165, 1.54) is 0 Å². The van der Waals surface area contributed by atoms with E-state index in [4.69, 9.17) is 0 Å². The summed E-state index contributed by atoms with van der Waals surface area (Å²) in [5, 5.41) is 2.32. The van der Waals surface area contributed by atoms with E-state index in [1.807, 2.05) is 36.7 Å². The lowest BCUT2D eigenvalue weighted by Gasteiger charge is -1.91. The summed E-state index contributed by atoms with van der Waals surface area (Å²) in [6.07, 6.45) is 3.84. The molecule has 3 heteroatoms. The fourth-order valence-electron chi connectivity index (χ4n) is 0.873. The molecule has 0 saturated heterocycles. The summed E-state index contributed by atoms with van der Waals surface area (Å²) in [4.78, 5) is 6.24. The quantitative estimate of drug-likeness (QED) is 0.702. The molecule has 0 aliphatic rings. The molecule has 0 spiro atoms. The first-order chi connectivity index (χ1) is 5.45. The van der Waals surface area contributed by atoms with Crippen LogP contribution in [0.25, 0.3) is 0 Å². The van der Waals surface area contributed by atoms with E-state index in [1.54, 1.807) is 11.8 Å². The van der Waals surface area contributed by atoms with Crippen molar-refractivity contribution < 1.29 is 0 Å². The second-order valence-electron chi connectivity index (χ2n) is 2.17. The van der Waals surface area contributed by atoms with Crippen LogP contribution in [0, 0.1) is 0 Å². The lowest BCUT2D eigenvalue weighted by molar-refractivity contribution is 1.16. The highest BCUT2D eigenvalue weighted by atomic mass is 32.2. The van der Waals surface area contributed by atoms with Crippen LogP contribution in [0.3, 0.4) is 0 Å². The molecule has 0 aliphatic heterocycles. The van der Waals surface area contributed by atoms with Crippen LogP contribution in [0.5, 0.6) is 0 Å². The Bertz CT molecular complexity index is 264. The lowest BCUT2D eigenvalue weighted by atomic mass is 10.7. The highest BCUT2D eigenvalue weighted by Gasteiger charge is 1.95. The minimum absolute atomic E-state index is 1.16. The number of H-pyrrole nitrogens is 2. The van der Waals surface area contributed by atoms with E-state index in [0.717, 1.165) is 10.1 Å². The van der Waals surface area contributed by atoms with Crippen LogP contribution >= 0.6 is 11.8 Å². The summed E-state index contributed by atoms with van der Waals surface area (Å²) in [7, 11) is 0. The van der Waals surface area contributed by atoms with E-state index < -0.39 is 0 Å². The van der Waals surface area contributed by atoms with E-state index >= 15 is 0 Å². The average Bonchev–Trinajstić information content (AvgIpc) is 2.60. The van der Waals surface area contributed by atoms with Crippen molar-refractivity contribution >= 4 is 11.8 Å². The van der Waals surface area contributed by atoms with Gasteiger partial charge in [0.15, 0.2) is 0 Å². The Morgan fingerprint density at radius 3 is 1.82 bits per heavy atom. The van der Waals surface area contributed by atoms with Crippen molar-refractivity contribution in [2.24, 2.45) is 0 Å². The molecule has 11 heavy (non-hydrogen) atoms. The largest absolute Gasteiger partial charge is 0.356 e. The topological polar surface area (TPSA) is 31.6 Å².